The predicted molar refractivity (Wildman–Crippen MR) is 172 cm³/mol. The van der Waals surface area contributed by atoms with Gasteiger partial charge in [0.1, 0.15) is 23.6 Å². The van der Waals surface area contributed by atoms with Crippen LogP contribution in [0.4, 0.5) is 0 Å². The van der Waals surface area contributed by atoms with Crippen LogP contribution >= 0.6 is 0 Å². The molecule has 10 nitrogen and oxygen atoms in total. The number of amides is 3. The number of methoxy groups -OCH3 is 1. The summed E-state index contributed by atoms with van der Waals surface area (Å²) in [4.78, 5) is 44.9. The number of rotatable bonds is 15. The lowest BCUT2D eigenvalue weighted by Gasteiger charge is -2.23. The zero-order valence-corrected chi connectivity index (χ0v) is 25.5. The Morgan fingerprint density at radius 3 is 2.02 bits per heavy atom. The number of hydrogen-bond donors (Lipinski definition) is 4. The molecule has 234 valence electrons. The quantitative estimate of drug-likeness (QED) is 0.162. The molecule has 1 heterocycles. The summed E-state index contributed by atoms with van der Waals surface area (Å²) in [6.07, 6.45) is 1.98. The van der Waals surface area contributed by atoms with Crippen LogP contribution in [0.25, 0.3) is 0 Å². The second-order valence-corrected chi connectivity index (χ2v) is 10.4. The Balaban J connectivity index is 1.54. The molecule has 0 aliphatic rings. The number of ether oxygens (including phenoxy) is 2. The number of pyridine rings is 1. The highest BCUT2D eigenvalue weighted by Gasteiger charge is 2.28. The van der Waals surface area contributed by atoms with E-state index in [0.29, 0.717) is 35.9 Å². The van der Waals surface area contributed by atoms with Crippen molar-refractivity contribution in [2.24, 2.45) is 5.73 Å². The van der Waals surface area contributed by atoms with Crippen LogP contribution in [-0.4, -0.2) is 48.5 Å². The molecule has 0 spiro atoms. The summed E-state index contributed by atoms with van der Waals surface area (Å²) >= 11 is 0. The van der Waals surface area contributed by atoms with E-state index in [2.05, 4.69) is 20.9 Å². The summed E-state index contributed by atoms with van der Waals surface area (Å²) < 4.78 is 10.7. The minimum Gasteiger partial charge on any atom is -0.497 e. The normalized spacial score (nSPS) is 12.0. The van der Waals surface area contributed by atoms with Gasteiger partial charge in [0.25, 0.3) is 5.91 Å². The first kappa shape index (κ1) is 32.7. The van der Waals surface area contributed by atoms with Crippen molar-refractivity contribution in [1.82, 2.24) is 20.9 Å². The van der Waals surface area contributed by atoms with E-state index in [1.54, 1.807) is 49.7 Å². The molecule has 2 atom stereocenters. The van der Waals surface area contributed by atoms with E-state index in [1.165, 1.54) is 0 Å². The fraction of sp³-hybridized carbons (Fsp3) is 0.257. The Morgan fingerprint density at radius 2 is 1.40 bits per heavy atom. The van der Waals surface area contributed by atoms with Gasteiger partial charge in [0.05, 0.1) is 13.7 Å². The van der Waals surface area contributed by atoms with Gasteiger partial charge in [0.15, 0.2) is 0 Å². The van der Waals surface area contributed by atoms with Gasteiger partial charge in [-0.05, 0) is 72.1 Å². The van der Waals surface area contributed by atoms with Crippen LogP contribution in [0, 0.1) is 0 Å². The number of aromatic nitrogens is 1. The van der Waals surface area contributed by atoms with Crippen molar-refractivity contribution >= 4 is 17.7 Å². The summed E-state index contributed by atoms with van der Waals surface area (Å²) in [7, 11) is 1.54. The standard InChI is InChI=1S/C35H39N5O5/c1-3-45-30-15-11-24(12-16-30)20-31(39-33(41)27-13-17-29(44-2)18-14-27)35(43)40-32(21-28-6-4-5-19-37-28)34(42)38-23-26-9-7-25(22-36)8-10-26/h4-19,31-32H,3,20-23,36H2,1-2H3,(H,38,42)(H,39,41)(H,40,43)/t31-,32+/m1/s1. The van der Waals surface area contributed by atoms with E-state index in [4.69, 9.17) is 15.2 Å². The molecule has 10 heteroatoms. The van der Waals surface area contributed by atoms with Gasteiger partial charge < -0.3 is 31.2 Å². The summed E-state index contributed by atoms with van der Waals surface area (Å²) in [5, 5.41) is 8.66. The fourth-order valence-electron chi connectivity index (χ4n) is 4.63. The lowest BCUT2D eigenvalue weighted by atomic mass is 10.0. The Morgan fingerprint density at radius 1 is 0.756 bits per heavy atom. The van der Waals surface area contributed by atoms with Gasteiger partial charge in [0.2, 0.25) is 11.8 Å². The van der Waals surface area contributed by atoms with Gasteiger partial charge in [-0.3, -0.25) is 19.4 Å². The minimum absolute atomic E-state index is 0.159. The number of carbonyl (C=O) groups excluding carboxylic acids is 3. The average Bonchev–Trinajstić information content (AvgIpc) is 3.08. The van der Waals surface area contributed by atoms with Crippen molar-refractivity contribution in [1.29, 1.82) is 0 Å². The zero-order chi connectivity index (χ0) is 32.0. The molecule has 3 aromatic carbocycles. The maximum absolute atomic E-state index is 13.9. The number of nitrogens with two attached hydrogens (primary N) is 1. The maximum atomic E-state index is 13.9. The van der Waals surface area contributed by atoms with Crippen molar-refractivity contribution < 1.29 is 23.9 Å². The summed E-state index contributed by atoms with van der Waals surface area (Å²) in [6, 6.07) is 25.0. The van der Waals surface area contributed by atoms with Crippen LogP contribution in [0.2, 0.25) is 0 Å². The Hall–Kier alpha value is -5.22. The number of benzene rings is 3. The lowest BCUT2D eigenvalue weighted by Crippen LogP contribution is -2.55. The monoisotopic (exact) mass is 609 g/mol. The second-order valence-electron chi connectivity index (χ2n) is 10.4. The molecular weight excluding hydrogens is 570 g/mol. The van der Waals surface area contributed by atoms with Gasteiger partial charge in [-0.25, -0.2) is 0 Å². The summed E-state index contributed by atoms with van der Waals surface area (Å²) in [5.41, 5.74) is 9.38. The molecule has 0 unspecified atom stereocenters. The van der Waals surface area contributed by atoms with E-state index < -0.39 is 23.9 Å². The lowest BCUT2D eigenvalue weighted by molar-refractivity contribution is -0.130. The molecule has 4 rings (SSSR count). The van der Waals surface area contributed by atoms with Crippen LogP contribution in [-0.2, 0) is 35.5 Å². The predicted octanol–water partition coefficient (Wildman–Crippen LogP) is 3.33. The summed E-state index contributed by atoms with van der Waals surface area (Å²) in [6.45, 7) is 3.12. The van der Waals surface area contributed by atoms with Crippen molar-refractivity contribution in [3.05, 3.63) is 125 Å². The number of carbonyl (C=O) groups is 3. The fourth-order valence-corrected chi connectivity index (χ4v) is 4.63. The molecule has 0 aliphatic carbocycles. The van der Waals surface area contributed by atoms with Gasteiger partial charge in [0, 0.05) is 43.4 Å². The topological polar surface area (TPSA) is 145 Å². The van der Waals surface area contributed by atoms with Crippen LogP contribution in [0.5, 0.6) is 11.5 Å². The second kappa shape index (κ2) is 16.6. The molecule has 4 aromatic rings. The van der Waals surface area contributed by atoms with Crippen LogP contribution in [0.15, 0.2) is 97.2 Å². The van der Waals surface area contributed by atoms with E-state index in [-0.39, 0.29) is 25.3 Å². The summed E-state index contributed by atoms with van der Waals surface area (Å²) in [5.74, 6) is -0.00839. The van der Waals surface area contributed by atoms with Crippen molar-refractivity contribution in [3.8, 4) is 11.5 Å². The first-order chi connectivity index (χ1) is 21.9. The average molecular weight is 610 g/mol. The van der Waals surface area contributed by atoms with Crippen LogP contribution < -0.4 is 31.2 Å². The van der Waals surface area contributed by atoms with E-state index in [1.807, 2.05) is 61.5 Å². The number of nitrogens with one attached hydrogen (secondary N) is 3. The molecule has 0 bridgehead atoms. The molecular formula is C35H39N5O5. The smallest absolute Gasteiger partial charge is 0.251 e. The number of hydrogen-bond acceptors (Lipinski definition) is 7. The third-order valence-corrected chi connectivity index (χ3v) is 7.15. The van der Waals surface area contributed by atoms with Gasteiger partial charge in [-0.15, -0.1) is 0 Å². The molecule has 45 heavy (non-hydrogen) atoms. The van der Waals surface area contributed by atoms with Crippen molar-refractivity contribution in [2.45, 2.75) is 44.9 Å². The van der Waals surface area contributed by atoms with Crippen molar-refractivity contribution in [3.63, 3.8) is 0 Å². The van der Waals surface area contributed by atoms with E-state index in [0.717, 1.165) is 16.7 Å². The largest absolute Gasteiger partial charge is 0.497 e. The van der Waals surface area contributed by atoms with Crippen molar-refractivity contribution in [2.75, 3.05) is 13.7 Å². The number of nitrogens with zero attached hydrogens (tertiary/aromatic N) is 1. The van der Waals surface area contributed by atoms with Gasteiger partial charge >= 0.3 is 0 Å². The molecule has 0 fully saturated rings. The maximum Gasteiger partial charge on any atom is 0.251 e. The molecule has 0 saturated heterocycles. The third-order valence-electron chi connectivity index (χ3n) is 7.15. The van der Waals surface area contributed by atoms with E-state index in [9.17, 15) is 14.4 Å². The molecule has 0 saturated carbocycles. The van der Waals surface area contributed by atoms with Gasteiger partial charge in [-0.1, -0.05) is 42.5 Å². The molecule has 5 N–H and O–H groups in total. The zero-order valence-electron chi connectivity index (χ0n) is 25.5. The Bertz CT molecular complexity index is 1530. The molecule has 0 radical (unpaired) electrons. The van der Waals surface area contributed by atoms with Gasteiger partial charge in [-0.2, -0.15) is 0 Å². The molecule has 1 aromatic heterocycles. The highest BCUT2D eigenvalue weighted by molar-refractivity contribution is 5.98. The first-order valence-electron chi connectivity index (χ1n) is 14.8. The third kappa shape index (κ3) is 9.90. The molecule has 3 amide bonds. The van der Waals surface area contributed by atoms with Crippen LogP contribution in [0.1, 0.15) is 39.7 Å². The van der Waals surface area contributed by atoms with E-state index >= 15 is 0 Å². The molecule has 0 aliphatic heterocycles. The first-order valence-corrected chi connectivity index (χ1v) is 14.8. The highest BCUT2D eigenvalue weighted by atomic mass is 16.5. The Kier molecular flexibility index (Phi) is 12.0. The van der Waals surface area contributed by atoms with Crippen LogP contribution in [0.3, 0.4) is 0 Å². The SMILES string of the molecule is CCOc1ccc(C[C@@H](NC(=O)c2ccc(OC)cc2)C(=O)N[C@@H](Cc2ccccn2)C(=O)NCc2ccc(CN)cc2)cc1. The Labute approximate surface area is 263 Å². The highest BCUT2D eigenvalue weighted by Crippen LogP contribution is 2.15. The minimum atomic E-state index is -0.986.